The molecule has 122 valence electrons. The van der Waals surface area contributed by atoms with E-state index in [4.69, 9.17) is 5.73 Å². The Labute approximate surface area is 139 Å². The zero-order valence-electron chi connectivity index (χ0n) is 14.2. The third-order valence-electron chi connectivity index (χ3n) is 3.85. The summed E-state index contributed by atoms with van der Waals surface area (Å²) in [5.41, 5.74) is 9.54. The Morgan fingerprint density at radius 1 is 1.13 bits per heavy atom. The molecule has 0 aliphatic heterocycles. The molecule has 4 heteroatoms. The fourth-order valence-electron chi connectivity index (χ4n) is 2.48. The number of nitrogens with two attached hydrogens (primary N) is 1. The van der Waals surface area contributed by atoms with Crippen LogP contribution in [0.15, 0.2) is 59.6 Å². The lowest BCUT2D eigenvalue weighted by Gasteiger charge is -2.23. The van der Waals surface area contributed by atoms with Crippen LogP contribution in [0, 0.1) is 0 Å². The van der Waals surface area contributed by atoms with Crippen molar-refractivity contribution in [1.82, 2.24) is 4.90 Å². The molecule has 0 fully saturated rings. The monoisotopic (exact) mass is 310 g/mol. The standard InChI is InChI=1S/C19H26N4/c1-4-15-9-8-12-17(13-15)22-19(20)21-14-18(23(2)3)16-10-6-5-7-11-16/h5-13,18H,4,14H2,1-3H3,(H3,20,21,22). The van der Waals surface area contributed by atoms with Crippen LogP contribution in [0.5, 0.6) is 0 Å². The van der Waals surface area contributed by atoms with Crippen molar-refractivity contribution in [2.45, 2.75) is 19.4 Å². The Bertz CT molecular complexity index is 635. The van der Waals surface area contributed by atoms with Crippen LogP contribution in [-0.4, -0.2) is 31.5 Å². The fourth-order valence-corrected chi connectivity index (χ4v) is 2.48. The van der Waals surface area contributed by atoms with E-state index in [0.29, 0.717) is 12.5 Å². The van der Waals surface area contributed by atoms with Crippen LogP contribution < -0.4 is 11.1 Å². The molecule has 2 rings (SSSR count). The second-order valence-corrected chi connectivity index (χ2v) is 5.79. The first-order chi connectivity index (χ1) is 11.1. The summed E-state index contributed by atoms with van der Waals surface area (Å²) in [4.78, 5) is 6.67. The van der Waals surface area contributed by atoms with Gasteiger partial charge >= 0.3 is 0 Å². The summed E-state index contributed by atoms with van der Waals surface area (Å²) in [6.07, 6.45) is 1.00. The number of likely N-dealkylation sites (N-methyl/N-ethyl adjacent to an activating group) is 1. The van der Waals surface area contributed by atoms with Crippen molar-refractivity contribution in [1.29, 1.82) is 0 Å². The Morgan fingerprint density at radius 2 is 1.87 bits per heavy atom. The van der Waals surface area contributed by atoms with Crippen LogP contribution in [0.25, 0.3) is 0 Å². The summed E-state index contributed by atoms with van der Waals surface area (Å²) in [7, 11) is 4.11. The highest BCUT2D eigenvalue weighted by atomic mass is 15.1. The maximum Gasteiger partial charge on any atom is 0.193 e. The zero-order chi connectivity index (χ0) is 16.7. The first-order valence-electron chi connectivity index (χ1n) is 7.97. The number of nitrogens with zero attached hydrogens (tertiary/aromatic N) is 2. The number of hydrogen-bond acceptors (Lipinski definition) is 2. The highest BCUT2D eigenvalue weighted by molar-refractivity contribution is 5.92. The number of hydrogen-bond donors (Lipinski definition) is 2. The first-order valence-corrected chi connectivity index (χ1v) is 7.97. The second kappa shape index (κ2) is 8.34. The summed E-state index contributed by atoms with van der Waals surface area (Å²) in [5.74, 6) is 0.445. The fraction of sp³-hybridized carbons (Fsp3) is 0.316. The SMILES string of the molecule is CCc1cccc(NC(N)=NCC(c2ccccc2)N(C)C)c1. The number of aliphatic imine (C=N–C) groups is 1. The molecule has 4 nitrogen and oxygen atoms in total. The van der Waals surface area contributed by atoms with E-state index in [0.717, 1.165) is 12.1 Å². The number of aryl methyl sites for hydroxylation is 1. The number of rotatable bonds is 6. The highest BCUT2D eigenvalue weighted by Gasteiger charge is 2.13. The van der Waals surface area contributed by atoms with Crippen molar-refractivity contribution in [3.8, 4) is 0 Å². The van der Waals surface area contributed by atoms with E-state index in [1.54, 1.807) is 0 Å². The molecule has 0 heterocycles. The number of benzene rings is 2. The van der Waals surface area contributed by atoms with Gasteiger partial charge in [0.05, 0.1) is 12.6 Å². The summed E-state index contributed by atoms with van der Waals surface area (Å²) >= 11 is 0. The van der Waals surface area contributed by atoms with Gasteiger partial charge in [0.1, 0.15) is 0 Å². The van der Waals surface area contributed by atoms with Gasteiger partial charge in [-0.25, -0.2) is 0 Å². The van der Waals surface area contributed by atoms with Crippen molar-refractivity contribution in [3.05, 3.63) is 65.7 Å². The molecule has 0 saturated carbocycles. The quantitative estimate of drug-likeness (QED) is 0.636. The third-order valence-corrected chi connectivity index (χ3v) is 3.85. The summed E-state index contributed by atoms with van der Waals surface area (Å²) in [6, 6.07) is 18.8. The first kappa shape index (κ1) is 17.0. The molecular formula is C19H26N4. The summed E-state index contributed by atoms with van der Waals surface area (Å²) in [5, 5.41) is 3.17. The minimum Gasteiger partial charge on any atom is -0.370 e. The van der Waals surface area contributed by atoms with E-state index in [2.05, 4.69) is 60.5 Å². The van der Waals surface area contributed by atoms with Gasteiger partial charge in [0.15, 0.2) is 5.96 Å². The zero-order valence-corrected chi connectivity index (χ0v) is 14.2. The van der Waals surface area contributed by atoms with Crippen molar-refractivity contribution in [2.75, 3.05) is 26.0 Å². The van der Waals surface area contributed by atoms with Crippen LogP contribution in [-0.2, 0) is 6.42 Å². The maximum atomic E-state index is 6.04. The minimum absolute atomic E-state index is 0.207. The van der Waals surface area contributed by atoms with Gasteiger partial charge in [-0.05, 0) is 43.8 Å². The largest absolute Gasteiger partial charge is 0.370 e. The predicted molar refractivity (Wildman–Crippen MR) is 98.8 cm³/mol. The number of nitrogens with one attached hydrogen (secondary N) is 1. The molecule has 23 heavy (non-hydrogen) atoms. The van der Waals surface area contributed by atoms with E-state index >= 15 is 0 Å². The van der Waals surface area contributed by atoms with E-state index in [1.807, 2.05) is 30.3 Å². The van der Waals surface area contributed by atoms with Crippen LogP contribution in [0.2, 0.25) is 0 Å². The van der Waals surface area contributed by atoms with Gasteiger partial charge in [-0.15, -0.1) is 0 Å². The van der Waals surface area contributed by atoms with E-state index < -0.39 is 0 Å². The van der Waals surface area contributed by atoms with Crippen molar-refractivity contribution < 1.29 is 0 Å². The Hall–Kier alpha value is -2.33. The highest BCUT2D eigenvalue weighted by Crippen LogP contribution is 2.18. The molecule has 0 aliphatic carbocycles. The van der Waals surface area contributed by atoms with Gasteiger partial charge < -0.3 is 16.0 Å². The molecule has 2 aromatic carbocycles. The molecule has 0 saturated heterocycles. The van der Waals surface area contributed by atoms with Crippen molar-refractivity contribution >= 4 is 11.6 Å². The van der Waals surface area contributed by atoms with Gasteiger partial charge in [0.2, 0.25) is 0 Å². The number of guanidine groups is 1. The van der Waals surface area contributed by atoms with E-state index in [1.165, 1.54) is 11.1 Å². The molecule has 0 spiro atoms. The molecule has 0 radical (unpaired) electrons. The lowest BCUT2D eigenvalue weighted by Crippen LogP contribution is -2.27. The van der Waals surface area contributed by atoms with Crippen LogP contribution in [0.4, 0.5) is 5.69 Å². The topological polar surface area (TPSA) is 53.6 Å². The smallest absolute Gasteiger partial charge is 0.193 e. The van der Waals surface area contributed by atoms with Crippen LogP contribution in [0.1, 0.15) is 24.1 Å². The second-order valence-electron chi connectivity index (χ2n) is 5.79. The lowest BCUT2D eigenvalue weighted by atomic mass is 10.1. The molecule has 1 atom stereocenters. The summed E-state index contributed by atoms with van der Waals surface area (Å²) in [6.45, 7) is 2.75. The summed E-state index contributed by atoms with van der Waals surface area (Å²) < 4.78 is 0. The average Bonchev–Trinajstić information content (AvgIpc) is 2.56. The average molecular weight is 310 g/mol. The van der Waals surface area contributed by atoms with Gasteiger partial charge in [-0.2, -0.15) is 0 Å². The Kier molecular flexibility index (Phi) is 6.18. The molecule has 0 amide bonds. The third kappa shape index (κ3) is 5.11. The predicted octanol–water partition coefficient (Wildman–Crippen LogP) is 3.28. The molecule has 0 aliphatic rings. The Morgan fingerprint density at radius 3 is 2.52 bits per heavy atom. The van der Waals surface area contributed by atoms with Gasteiger partial charge in [0.25, 0.3) is 0 Å². The van der Waals surface area contributed by atoms with Crippen molar-refractivity contribution in [3.63, 3.8) is 0 Å². The van der Waals surface area contributed by atoms with E-state index in [9.17, 15) is 0 Å². The molecule has 0 bridgehead atoms. The molecule has 3 N–H and O–H groups in total. The van der Waals surface area contributed by atoms with Gasteiger partial charge in [-0.1, -0.05) is 49.4 Å². The van der Waals surface area contributed by atoms with Gasteiger partial charge in [-0.3, -0.25) is 4.99 Å². The van der Waals surface area contributed by atoms with Crippen LogP contribution in [0.3, 0.4) is 0 Å². The number of anilines is 1. The maximum absolute atomic E-state index is 6.04. The van der Waals surface area contributed by atoms with E-state index in [-0.39, 0.29) is 6.04 Å². The van der Waals surface area contributed by atoms with Crippen molar-refractivity contribution in [2.24, 2.45) is 10.7 Å². The van der Waals surface area contributed by atoms with Gasteiger partial charge in [0, 0.05) is 5.69 Å². The molecule has 0 aromatic heterocycles. The minimum atomic E-state index is 0.207. The normalized spacial score (nSPS) is 13.1. The molecular weight excluding hydrogens is 284 g/mol. The van der Waals surface area contributed by atoms with Crippen LogP contribution >= 0.6 is 0 Å². The Balaban J connectivity index is 2.04. The molecule has 1 unspecified atom stereocenters. The lowest BCUT2D eigenvalue weighted by molar-refractivity contribution is 0.306. The molecule has 2 aromatic rings.